The smallest absolute Gasteiger partial charge is 0.470 e. The Morgan fingerprint density at radius 3 is 1.57 bits per heavy atom. The Morgan fingerprint density at radius 2 is 1.39 bits per heavy atom. The van der Waals surface area contributed by atoms with E-state index in [-0.39, 0.29) is 0 Å². The number of aliphatic carboxylic acids is 1. The summed E-state index contributed by atoms with van der Waals surface area (Å²) in [5.74, 6) is -1.83. The minimum Gasteiger partial charge on any atom is -0.479 e. The van der Waals surface area contributed by atoms with Crippen LogP contribution in [0, 0.1) is 0 Å². The molecule has 16 heteroatoms. The molecule has 0 aliphatic rings. The molecule has 0 rings (SSSR count). The van der Waals surface area contributed by atoms with E-state index in [4.69, 9.17) is 45.7 Å². The fraction of sp³-hybridized carbons (Fsp3) is 0.857. The van der Waals surface area contributed by atoms with Gasteiger partial charge in [-0.15, -0.1) is 0 Å². The van der Waals surface area contributed by atoms with Crippen molar-refractivity contribution in [1.29, 1.82) is 0 Å². The molecule has 14 nitrogen and oxygen atoms in total. The number of phosphoric ester groups is 2. The molecule has 0 heterocycles. The number of carboxylic acid groups (broad SMARTS) is 1. The lowest BCUT2D eigenvalue weighted by molar-refractivity contribution is -0.147. The first-order chi connectivity index (χ1) is 10.2. The van der Waals surface area contributed by atoms with E-state index in [0.29, 0.717) is 0 Å². The van der Waals surface area contributed by atoms with Crippen molar-refractivity contribution in [2.75, 3.05) is 26.4 Å². The van der Waals surface area contributed by atoms with Crippen molar-refractivity contribution >= 4 is 21.6 Å². The third kappa shape index (κ3) is 14.8. The predicted molar refractivity (Wildman–Crippen MR) is 70.7 cm³/mol. The highest BCUT2D eigenvalue weighted by atomic mass is 31.2. The molecule has 0 aliphatic carbocycles. The SMILES string of the molecule is NC(CO)(CO)CO.O=C(O)[C@@H](COP(=O)(O)O)OP(=O)(O)O. The quantitative estimate of drug-likeness (QED) is 0.173. The summed E-state index contributed by atoms with van der Waals surface area (Å²) in [5, 5.41) is 33.4. The van der Waals surface area contributed by atoms with Gasteiger partial charge in [-0.25, -0.2) is 13.9 Å². The van der Waals surface area contributed by atoms with E-state index in [1.807, 2.05) is 0 Å². The summed E-state index contributed by atoms with van der Waals surface area (Å²) in [6.07, 6.45) is -2.17. The second-order valence-corrected chi connectivity index (χ2v) is 6.48. The van der Waals surface area contributed by atoms with Gasteiger partial charge in [0.1, 0.15) is 0 Å². The lowest BCUT2D eigenvalue weighted by atomic mass is 10.1. The highest BCUT2D eigenvalue weighted by Crippen LogP contribution is 2.40. The minimum absolute atomic E-state index is 0.403. The molecular weight excluding hydrogens is 368 g/mol. The molecule has 0 aromatic heterocycles. The van der Waals surface area contributed by atoms with E-state index in [9.17, 15) is 13.9 Å². The number of aliphatic hydroxyl groups is 3. The second kappa shape index (κ2) is 10.4. The number of rotatable bonds is 9. The fourth-order valence-electron chi connectivity index (χ4n) is 0.627. The Hall–Kier alpha value is -0.470. The molecule has 0 aliphatic heterocycles. The normalized spacial score (nSPS) is 13.9. The highest BCUT2D eigenvalue weighted by molar-refractivity contribution is 7.46. The lowest BCUT2D eigenvalue weighted by Gasteiger charge is -2.20. The van der Waals surface area contributed by atoms with Crippen molar-refractivity contribution in [3.63, 3.8) is 0 Å². The van der Waals surface area contributed by atoms with Crippen molar-refractivity contribution < 1.29 is 63.0 Å². The average molecular weight is 387 g/mol. The van der Waals surface area contributed by atoms with Crippen LogP contribution in [0.3, 0.4) is 0 Å². The minimum atomic E-state index is -5.07. The first kappa shape index (κ1) is 24.8. The monoisotopic (exact) mass is 387 g/mol. The van der Waals surface area contributed by atoms with Crippen LogP contribution in [0.5, 0.6) is 0 Å². The van der Waals surface area contributed by atoms with Gasteiger partial charge in [0, 0.05) is 0 Å². The van der Waals surface area contributed by atoms with Crippen LogP contribution < -0.4 is 5.73 Å². The van der Waals surface area contributed by atoms with Gasteiger partial charge in [-0.2, -0.15) is 0 Å². The third-order valence-corrected chi connectivity index (χ3v) is 2.89. The molecule has 0 unspecified atom stereocenters. The van der Waals surface area contributed by atoms with Crippen LogP contribution >= 0.6 is 15.6 Å². The summed E-state index contributed by atoms with van der Waals surface area (Å²) in [6, 6.07) is 0. The maximum atomic E-state index is 10.3. The molecule has 0 bridgehead atoms. The van der Waals surface area contributed by atoms with Gasteiger partial charge in [0.15, 0.2) is 6.10 Å². The van der Waals surface area contributed by atoms with E-state index in [2.05, 4.69) is 9.05 Å². The molecule has 0 saturated heterocycles. The topological polar surface area (TPSA) is 258 Å². The van der Waals surface area contributed by atoms with Crippen LogP contribution in [0.15, 0.2) is 0 Å². The van der Waals surface area contributed by atoms with Crippen molar-refractivity contribution in [3.05, 3.63) is 0 Å². The predicted octanol–water partition coefficient (Wildman–Crippen LogP) is -3.68. The molecule has 10 N–H and O–H groups in total. The Labute approximate surface area is 129 Å². The van der Waals surface area contributed by atoms with Gasteiger partial charge < -0.3 is 45.7 Å². The van der Waals surface area contributed by atoms with Crippen molar-refractivity contribution in [2.24, 2.45) is 5.73 Å². The van der Waals surface area contributed by atoms with E-state index in [0.717, 1.165) is 0 Å². The van der Waals surface area contributed by atoms with Gasteiger partial charge in [-0.05, 0) is 0 Å². The molecule has 0 aromatic rings. The number of nitrogens with two attached hydrogens (primary N) is 1. The van der Waals surface area contributed by atoms with Crippen molar-refractivity contribution in [2.45, 2.75) is 11.6 Å². The van der Waals surface area contributed by atoms with E-state index in [1.54, 1.807) is 0 Å². The van der Waals surface area contributed by atoms with Crippen LogP contribution in [-0.4, -0.2) is 84.0 Å². The summed E-state index contributed by atoms with van der Waals surface area (Å²) in [5.41, 5.74) is 3.94. The molecule has 0 aromatic carbocycles. The summed E-state index contributed by atoms with van der Waals surface area (Å²) in [6.45, 7) is -2.40. The summed E-state index contributed by atoms with van der Waals surface area (Å²) in [7, 11) is -9.99. The number of carboxylic acids is 1. The third-order valence-electron chi connectivity index (χ3n) is 1.88. The molecule has 0 amide bonds. The Bertz CT molecular complexity index is 431. The van der Waals surface area contributed by atoms with E-state index < -0.39 is 59.7 Å². The lowest BCUT2D eigenvalue weighted by Crippen LogP contribution is -2.50. The van der Waals surface area contributed by atoms with Gasteiger partial charge in [-0.3, -0.25) is 9.05 Å². The maximum Gasteiger partial charge on any atom is 0.470 e. The van der Waals surface area contributed by atoms with Gasteiger partial charge in [0.05, 0.1) is 32.0 Å². The molecular formula is C7H19NO13P2. The Morgan fingerprint density at radius 1 is 1.00 bits per heavy atom. The zero-order valence-electron chi connectivity index (χ0n) is 11.5. The average Bonchev–Trinajstić information content (AvgIpc) is 2.41. The molecule has 0 fully saturated rings. The molecule has 23 heavy (non-hydrogen) atoms. The Kier molecular flexibility index (Phi) is 11.2. The van der Waals surface area contributed by atoms with Crippen LogP contribution in [0.4, 0.5) is 0 Å². The van der Waals surface area contributed by atoms with Gasteiger partial charge >= 0.3 is 21.6 Å². The molecule has 0 spiro atoms. The standard InChI is InChI=1S/C4H11NO3.C3H8O10P2/c5-4(1-6,2-7)3-8;4-3(5)2(13-15(9,10)11)1-12-14(6,7)8/h6-8H,1-3,5H2;2H,1H2,(H,4,5)(H2,6,7,8)(H2,9,10,11)/t;2-/m.1/s1. The van der Waals surface area contributed by atoms with Crippen LogP contribution in [0.1, 0.15) is 0 Å². The molecule has 1 atom stereocenters. The first-order valence-corrected chi connectivity index (χ1v) is 8.54. The van der Waals surface area contributed by atoms with Crippen LogP contribution in [0.25, 0.3) is 0 Å². The fourth-order valence-corrected chi connectivity index (χ4v) is 1.44. The number of phosphoric acid groups is 2. The zero-order chi connectivity index (χ0) is 18.9. The zero-order valence-corrected chi connectivity index (χ0v) is 13.3. The van der Waals surface area contributed by atoms with Crippen molar-refractivity contribution in [3.8, 4) is 0 Å². The number of carbonyl (C=O) groups is 1. The highest BCUT2D eigenvalue weighted by Gasteiger charge is 2.30. The Balaban J connectivity index is 0. The second-order valence-electron chi connectivity index (χ2n) is 4.05. The van der Waals surface area contributed by atoms with Crippen LogP contribution in [0.2, 0.25) is 0 Å². The van der Waals surface area contributed by atoms with E-state index >= 15 is 0 Å². The van der Waals surface area contributed by atoms with Gasteiger partial charge in [0.2, 0.25) is 0 Å². The van der Waals surface area contributed by atoms with Crippen LogP contribution in [-0.2, 0) is 23.0 Å². The first-order valence-electron chi connectivity index (χ1n) is 5.48. The summed E-state index contributed by atoms with van der Waals surface area (Å²) < 4.78 is 27.8. The van der Waals surface area contributed by atoms with Gasteiger partial charge in [-0.1, -0.05) is 0 Å². The van der Waals surface area contributed by atoms with Gasteiger partial charge in [0.25, 0.3) is 0 Å². The van der Waals surface area contributed by atoms with E-state index in [1.165, 1.54) is 0 Å². The number of aliphatic hydroxyl groups excluding tert-OH is 3. The van der Waals surface area contributed by atoms with Crippen molar-refractivity contribution in [1.82, 2.24) is 0 Å². The molecule has 140 valence electrons. The molecule has 0 radical (unpaired) electrons. The summed E-state index contributed by atoms with van der Waals surface area (Å²) >= 11 is 0. The number of hydrogen-bond acceptors (Lipinski definition) is 9. The maximum absolute atomic E-state index is 10.3. The largest absolute Gasteiger partial charge is 0.479 e. The summed E-state index contributed by atoms with van der Waals surface area (Å²) in [4.78, 5) is 43.2. The molecule has 0 saturated carbocycles. The number of hydrogen-bond donors (Lipinski definition) is 9.